The van der Waals surface area contributed by atoms with Gasteiger partial charge in [-0.25, -0.2) is 4.79 Å². The number of nitrogens with zero attached hydrogens (tertiary/aromatic N) is 1. The molecule has 0 saturated carbocycles. The Morgan fingerprint density at radius 2 is 2.00 bits per heavy atom. The molecular formula is C17H22N2O2. The Balaban J connectivity index is 2.06. The molecule has 1 heterocycles. The van der Waals surface area contributed by atoms with E-state index in [1.54, 1.807) is 12.3 Å². The van der Waals surface area contributed by atoms with Gasteiger partial charge in [0.25, 0.3) is 0 Å². The van der Waals surface area contributed by atoms with Crippen LogP contribution in [0.15, 0.2) is 30.5 Å². The predicted octanol–water partition coefficient (Wildman–Crippen LogP) is 3.45. The molecule has 2 N–H and O–H groups in total. The molecule has 21 heavy (non-hydrogen) atoms. The topological polar surface area (TPSA) is 57.2 Å². The van der Waals surface area contributed by atoms with E-state index in [9.17, 15) is 4.79 Å². The predicted molar refractivity (Wildman–Crippen MR) is 84.2 cm³/mol. The Kier molecular flexibility index (Phi) is 4.68. The first-order valence-electron chi connectivity index (χ1n) is 7.20. The van der Waals surface area contributed by atoms with Gasteiger partial charge in [-0.1, -0.05) is 25.1 Å². The monoisotopic (exact) mass is 286 g/mol. The maximum atomic E-state index is 12.2. The van der Waals surface area contributed by atoms with E-state index in [4.69, 9.17) is 10.5 Å². The number of esters is 1. The van der Waals surface area contributed by atoms with Gasteiger partial charge in [0.15, 0.2) is 0 Å². The van der Waals surface area contributed by atoms with Crippen molar-refractivity contribution >= 4 is 11.7 Å². The van der Waals surface area contributed by atoms with Gasteiger partial charge in [-0.3, -0.25) is 0 Å². The number of hydrogen-bond acceptors (Lipinski definition) is 3. The normalized spacial score (nSPS) is 10.6. The number of aromatic nitrogens is 1. The lowest BCUT2D eigenvalue weighted by molar-refractivity contribution is 0.0460. The van der Waals surface area contributed by atoms with E-state index in [1.807, 2.05) is 29.7 Å². The molecule has 0 aliphatic heterocycles. The maximum Gasteiger partial charge on any atom is 0.355 e. The summed E-state index contributed by atoms with van der Waals surface area (Å²) in [4.78, 5) is 12.2. The lowest BCUT2D eigenvalue weighted by Gasteiger charge is -2.09. The Morgan fingerprint density at radius 3 is 2.67 bits per heavy atom. The Hall–Kier alpha value is -2.23. The summed E-state index contributed by atoms with van der Waals surface area (Å²) in [7, 11) is 0. The van der Waals surface area contributed by atoms with Gasteiger partial charge >= 0.3 is 5.97 Å². The molecule has 1 aromatic carbocycles. The van der Waals surface area contributed by atoms with Gasteiger partial charge in [-0.05, 0) is 43.0 Å². The molecule has 4 nitrogen and oxygen atoms in total. The third-order valence-corrected chi connectivity index (χ3v) is 3.53. The van der Waals surface area contributed by atoms with Crippen molar-refractivity contribution in [1.29, 1.82) is 0 Å². The molecule has 0 radical (unpaired) electrons. The summed E-state index contributed by atoms with van der Waals surface area (Å²) in [6, 6.07) is 7.73. The molecule has 2 rings (SSSR count). The molecule has 0 aliphatic rings. The highest BCUT2D eigenvalue weighted by Gasteiger charge is 2.14. The zero-order chi connectivity index (χ0) is 15.4. The minimum absolute atomic E-state index is 0.275. The molecule has 0 fully saturated rings. The Bertz CT molecular complexity index is 644. The number of carbonyl (C=O) groups is 1. The molecule has 0 aliphatic carbocycles. The second-order valence-corrected chi connectivity index (χ2v) is 5.35. The van der Waals surface area contributed by atoms with Gasteiger partial charge in [0.05, 0.1) is 5.69 Å². The average molecular weight is 286 g/mol. The summed E-state index contributed by atoms with van der Waals surface area (Å²) < 4.78 is 7.24. The fraction of sp³-hybridized carbons (Fsp3) is 0.353. The first kappa shape index (κ1) is 15.2. The third kappa shape index (κ3) is 3.66. The van der Waals surface area contributed by atoms with Crippen molar-refractivity contribution in [3.8, 4) is 0 Å². The van der Waals surface area contributed by atoms with E-state index < -0.39 is 0 Å². The number of anilines is 1. The molecule has 0 unspecified atom stereocenters. The van der Waals surface area contributed by atoms with E-state index in [-0.39, 0.29) is 12.6 Å². The molecule has 0 saturated heterocycles. The van der Waals surface area contributed by atoms with Gasteiger partial charge in [-0.2, -0.15) is 0 Å². The van der Waals surface area contributed by atoms with Crippen LogP contribution in [0.25, 0.3) is 0 Å². The van der Waals surface area contributed by atoms with Crippen LogP contribution in [0.3, 0.4) is 0 Å². The number of aryl methyl sites for hydroxylation is 3. The van der Waals surface area contributed by atoms with E-state index >= 15 is 0 Å². The lowest BCUT2D eigenvalue weighted by Crippen LogP contribution is -2.11. The van der Waals surface area contributed by atoms with E-state index in [2.05, 4.69) is 13.8 Å². The van der Waals surface area contributed by atoms with Crippen LogP contribution in [0.2, 0.25) is 0 Å². The van der Waals surface area contributed by atoms with Crippen molar-refractivity contribution in [2.45, 2.75) is 40.3 Å². The van der Waals surface area contributed by atoms with Crippen molar-refractivity contribution < 1.29 is 9.53 Å². The molecule has 0 amide bonds. The number of benzene rings is 1. The number of hydrogen-bond donors (Lipinski definition) is 1. The number of rotatable bonds is 5. The van der Waals surface area contributed by atoms with Gasteiger partial charge < -0.3 is 15.0 Å². The minimum atomic E-state index is -0.335. The molecule has 0 bridgehead atoms. The van der Waals surface area contributed by atoms with Gasteiger partial charge in [0.1, 0.15) is 12.3 Å². The van der Waals surface area contributed by atoms with E-state index in [0.29, 0.717) is 11.4 Å². The minimum Gasteiger partial charge on any atom is -0.456 e. The first-order chi connectivity index (χ1) is 10.0. The van der Waals surface area contributed by atoms with Crippen molar-refractivity contribution in [3.63, 3.8) is 0 Å². The van der Waals surface area contributed by atoms with Gasteiger partial charge in [0.2, 0.25) is 0 Å². The SMILES string of the molecule is CCCn1cc(N)cc1C(=O)OCc1ccc(C)c(C)c1. The Morgan fingerprint density at radius 1 is 1.24 bits per heavy atom. The standard InChI is InChI=1S/C17H22N2O2/c1-4-7-19-10-15(18)9-16(19)17(20)21-11-14-6-5-12(2)13(3)8-14/h5-6,8-10H,4,7,11,18H2,1-3H3. The van der Waals surface area contributed by atoms with Gasteiger partial charge in [0, 0.05) is 12.7 Å². The van der Waals surface area contributed by atoms with Crippen molar-refractivity contribution in [3.05, 3.63) is 52.8 Å². The van der Waals surface area contributed by atoms with Crippen LogP contribution in [0.4, 0.5) is 5.69 Å². The van der Waals surface area contributed by atoms with Crippen LogP contribution < -0.4 is 5.73 Å². The summed E-state index contributed by atoms with van der Waals surface area (Å²) >= 11 is 0. The largest absolute Gasteiger partial charge is 0.456 e. The lowest BCUT2D eigenvalue weighted by atomic mass is 10.1. The number of nitrogens with two attached hydrogens (primary N) is 1. The number of carbonyl (C=O) groups excluding carboxylic acids is 1. The fourth-order valence-electron chi connectivity index (χ4n) is 2.25. The molecule has 112 valence electrons. The van der Waals surface area contributed by atoms with E-state index in [1.165, 1.54) is 11.1 Å². The molecule has 4 heteroatoms. The molecular weight excluding hydrogens is 264 g/mol. The summed E-state index contributed by atoms with van der Waals surface area (Å²) in [5, 5.41) is 0. The summed E-state index contributed by atoms with van der Waals surface area (Å²) in [6.45, 7) is 7.20. The molecule has 2 aromatic rings. The van der Waals surface area contributed by atoms with Crippen LogP contribution in [-0.2, 0) is 17.9 Å². The van der Waals surface area contributed by atoms with Crippen LogP contribution in [-0.4, -0.2) is 10.5 Å². The van der Waals surface area contributed by atoms with Crippen LogP contribution in [0, 0.1) is 13.8 Å². The van der Waals surface area contributed by atoms with Crippen LogP contribution in [0.5, 0.6) is 0 Å². The highest BCUT2D eigenvalue weighted by molar-refractivity contribution is 5.89. The third-order valence-electron chi connectivity index (χ3n) is 3.53. The quantitative estimate of drug-likeness (QED) is 0.856. The Labute approximate surface area is 125 Å². The molecule has 0 atom stereocenters. The summed E-state index contributed by atoms with van der Waals surface area (Å²) in [6.07, 6.45) is 2.71. The second kappa shape index (κ2) is 6.48. The summed E-state index contributed by atoms with van der Waals surface area (Å²) in [5.74, 6) is -0.335. The zero-order valence-electron chi connectivity index (χ0n) is 12.8. The summed E-state index contributed by atoms with van der Waals surface area (Å²) in [5.41, 5.74) is 10.3. The number of ether oxygens (including phenoxy) is 1. The maximum absolute atomic E-state index is 12.2. The average Bonchev–Trinajstić information content (AvgIpc) is 2.81. The van der Waals surface area contributed by atoms with Crippen LogP contribution >= 0.6 is 0 Å². The highest BCUT2D eigenvalue weighted by Crippen LogP contribution is 2.15. The van der Waals surface area contributed by atoms with Gasteiger partial charge in [-0.15, -0.1) is 0 Å². The van der Waals surface area contributed by atoms with Crippen LogP contribution in [0.1, 0.15) is 40.5 Å². The molecule has 1 aromatic heterocycles. The fourth-order valence-corrected chi connectivity index (χ4v) is 2.25. The number of nitrogen functional groups attached to an aromatic ring is 1. The van der Waals surface area contributed by atoms with E-state index in [0.717, 1.165) is 18.5 Å². The highest BCUT2D eigenvalue weighted by atomic mass is 16.5. The first-order valence-corrected chi connectivity index (χ1v) is 7.20. The second-order valence-electron chi connectivity index (χ2n) is 5.35. The zero-order valence-corrected chi connectivity index (χ0v) is 12.8. The van der Waals surface area contributed by atoms with Crippen molar-refractivity contribution in [2.75, 3.05) is 5.73 Å². The van der Waals surface area contributed by atoms with Crippen molar-refractivity contribution in [2.24, 2.45) is 0 Å². The smallest absolute Gasteiger partial charge is 0.355 e. The van der Waals surface area contributed by atoms with Crippen molar-refractivity contribution in [1.82, 2.24) is 4.57 Å². The molecule has 0 spiro atoms.